The van der Waals surface area contributed by atoms with E-state index in [2.05, 4.69) is 0 Å². The van der Waals surface area contributed by atoms with Crippen LogP contribution < -0.4 is 16.1 Å². The molecule has 1 aliphatic rings. The summed E-state index contributed by atoms with van der Waals surface area (Å²) < 4.78 is 2.57. The lowest BCUT2D eigenvalue weighted by atomic mass is 10.1. The third-order valence-electron chi connectivity index (χ3n) is 4.04. The van der Waals surface area contributed by atoms with Gasteiger partial charge in [0.05, 0.1) is 0 Å². The van der Waals surface area contributed by atoms with E-state index < -0.39 is 0 Å². The van der Waals surface area contributed by atoms with Gasteiger partial charge in [0.2, 0.25) is 5.91 Å². The fourth-order valence-corrected chi connectivity index (χ4v) is 2.69. The molecule has 122 valence electrons. The number of nitrogens with zero attached hydrogens (tertiary/aromatic N) is 4. The molecule has 7 nitrogen and oxygen atoms in total. The normalized spacial score (nSPS) is 15.5. The molecule has 1 saturated heterocycles. The van der Waals surface area contributed by atoms with Crippen LogP contribution in [-0.4, -0.2) is 46.1 Å². The van der Waals surface area contributed by atoms with Gasteiger partial charge < -0.3 is 9.80 Å². The number of rotatable bonds is 3. The summed E-state index contributed by atoms with van der Waals surface area (Å²) in [6.07, 6.45) is 0.560. The average Bonchev–Trinajstić information content (AvgIpc) is 2.48. The summed E-state index contributed by atoms with van der Waals surface area (Å²) in [6.45, 7) is 6.56. The number of carbonyl (C=O) groups excluding carboxylic acids is 1. The molecule has 22 heavy (non-hydrogen) atoms. The first-order valence-corrected chi connectivity index (χ1v) is 7.61. The number of aromatic nitrogens is 2. The standard InChI is InChI=1S/C15H24N4O3/c1-11(2)9-14(21)19-7-5-18(6-8-19)12-10-13(20)17(4)15(22)16(12)3/h10-11H,5-9H2,1-4H3. The highest BCUT2D eigenvalue weighted by Gasteiger charge is 2.23. The van der Waals surface area contributed by atoms with E-state index in [1.165, 1.54) is 17.7 Å². The Kier molecular flexibility index (Phi) is 4.73. The summed E-state index contributed by atoms with van der Waals surface area (Å²) in [5, 5.41) is 0. The molecule has 0 aliphatic carbocycles. The Hall–Kier alpha value is -2.05. The first-order valence-electron chi connectivity index (χ1n) is 7.61. The summed E-state index contributed by atoms with van der Waals surface area (Å²) in [7, 11) is 3.13. The molecule has 0 radical (unpaired) electrons. The highest BCUT2D eigenvalue weighted by atomic mass is 16.2. The lowest BCUT2D eigenvalue weighted by Gasteiger charge is -2.36. The van der Waals surface area contributed by atoms with Crippen molar-refractivity contribution in [1.29, 1.82) is 0 Å². The first kappa shape index (κ1) is 16.3. The second kappa shape index (κ2) is 6.37. The smallest absolute Gasteiger partial charge is 0.332 e. The van der Waals surface area contributed by atoms with Crippen LogP contribution in [-0.2, 0) is 18.9 Å². The van der Waals surface area contributed by atoms with Crippen LogP contribution in [0.4, 0.5) is 5.82 Å². The van der Waals surface area contributed by atoms with E-state index in [0.29, 0.717) is 44.3 Å². The van der Waals surface area contributed by atoms with Crippen molar-refractivity contribution in [3.63, 3.8) is 0 Å². The zero-order valence-corrected chi connectivity index (χ0v) is 13.7. The second-order valence-electron chi connectivity index (χ2n) is 6.21. The van der Waals surface area contributed by atoms with Gasteiger partial charge in [-0.2, -0.15) is 0 Å². The quantitative estimate of drug-likeness (QED) is 0.774. The van der Waals surface area contributed by atoms with E-state index in [9.17, 15) is 14.4 Å². The minimum atomic E-state index is -0.333. The van der Waals surface area contributed by atoms with Crippen LogP contribution in [0.5, 0.6) is 0 Å². The van der Waals surface area contributed by atoms with Gasteiger partial charge in [-0.25, -0.2) is 4.79 Å². The molecule has 2 rings (SSSR count). The summed E-state index contributed by atoms with van der Waals surface area (Å²) in [6, 6.07) is 1.48. The average molecular weight is 308 g/mol. The molecule has 0 saturated carbocycles. The molecule has 0 spiro atoms. The zero-order valence-electron chi connectivity index (χ0n) is 13.7. The molecule has 0 aromatic carbocycles. The Bertz CT molecular complexity index is 666. The topological polar surface area (TPSA) is 67.6 Å². The van der Waals surface area contributed by atoms with E-state index in [0.717, 1.165) is 4.57 Å². The third-order valence-corrected chi connectivity index (χ3v) is 4.04. The van der Waals surface area contributed by atoms with E-state index in [-0.39, 0.29) is 17.2 Å². The SMILES string of the molecule is CC(C)CC(=O)N1CCN(c2cc(=O)n(C)c(=O)n2C)CC1. The minimum Gasteiger partial charge on any atom is -0.354 e. The van der Waals surface area contributed by atoms with E-state index in [1.54, 1.807) is 7.05 Å². The molecule has 0 bridgehead atoms. The van der Waals surface area contributed by atoms with Crippen LogP contribution in [0.1, 0.15) is 20.3 Å². The Labute approximate surface area is 129 Å². The molecular formula is C15H24N4O3. The minimum absolute atomic E-state index is 0.174. The van der Waals surface area contributed by atoms with Gasteiger partial charge >= 0.3 is 5.69 Å². The molecule has 1 aromatic heterocycles. The maximum absolute atomic E-state index is 12.1. The summed E-state index contributed by atoms with van der Waals surface area (Å²) in [5.74, 6) is 1.14. The summed E-state index contributed by atoms with van der Waals surface area (Å²) in [4.78, 5) is 39.7. The van der Waals surface area contributed by atoms with Crippen LogP contribution in [0.25, 0.3) is 0 Å². The van der Waals surface area contributed by atoms with Gasteiger partial charge in [0.15, 0.2) is 0 Å². The predicted molar refractivity (Wildman–Crippen MR) is 85.2 cm³/mol. The van der Waals surface area contributed by atoms with E-state index >= 15 is 0 Å². The zero-order chi connectivity index (χ0) is 16.4. The molecule has 1 amide bonds. The number of hydrogen-bond acceptors (Lipinski definition) is 4. The molecular weight excluding hydrogens is 284 g/mol. The second-order valence-corrected chi connectivity index (χ2v) is 6.21. The Morgan fingerprint density at radius 1 is 1.09 bits per heavy atom. The highest BCUT2D eigenvalue weighted by molar-refractivity contribution is 5.76. The van der Waals surface area contributed by atoms with Gasteiger partial charge in [0.1, 0.15) is 5.82 Å². The fourth-order valence-electron chi connectivity index (χ4n) is 2.69. The monoisotopic (exact) mass is 308 g/mol. The number of amides is 1. The van der Waals surface area contributed by atoms with E-state index in [1.807, 2.05) is 23.6 Å². The molecule has 7 heteroatoms. The maximum Gasteiger partial charge on any atom is 0.332 e. The number of hydrogen-bond donors (Lipinski definition) is 0. The summed E-state index contributed by atoms with van der Waals surface area (Å²) in [5.41, 5.74) is -0.641. The lowest BCUT2D eigenvalue weighted by Crippen LogP contribution is -2.51. The summed E-state index contributed by atoms with van der Waals surface area (Å²) >= 11 is 0. The van der Waals surface area contributed by atoms with Crippen LogP contribution in [0.15, 0.2) is 15.7 Å². The van der Waals surface area contributed by atoms with Crippen LogP contribution in [0.2, 0.25) is 0 Å². The molecule has 0 atom stereocenters. The number of carbonyl (C=O) groups is 1. The fraction of sp³-hybridized carbons (Fsp3) is 0.667. The molecule has 0 N–H and O–H groups in total. The van der Waals surface area contributed by atoms with Gasteiger partial charge in [-0.05, 0) is 5.92 Å². The van der Waals surface area contributed by atoms with Crippen molar-refractivity contribution in [2.24, 2.45) is 20.0 Å². The van der Waals surface area contributed by atoms with E-state index in [4.69, 9.17) is 0 Å². The van der Waals surface area contributed by atoms with Crippen molar-refractivity contribution in [2.45, 2.75) is 20.3 Å². The van der Waals surface area contributed by atoms with Crippen molar-refractivity contribution in [3.05, 3.63) is 26.9 Å². The molecule has 1 aliphatic heterocycles. The molecule has 1 fully saturated rings. The van der Waals surface area contributed by atoms with Crippen molar-refractivity contribution in [2.75, 3.05) is 31.1 Å². The Balaban J connectivity index is 2.11. The molecule has 2 heterocycles. The number of anilines is 1. The van der Waals surface area contributed by atoms with Crippen LogP contribution in [0.3, 0.4) is 0 Å². The van der Waals surface area contributed by atoms with Gasteiger partial charge in [-0.15, -0.1) is 0 Å². The Morgan fingerprint density at radius 2 is 1.68 bits per heavy atom. The van der Waals surface area contributed by atoms with Gasteiger partial charge in [0, 0.05) is 52.8 Å². The van der Waals surface area contributed by atoms with Gasteiger partial charge in [-0.3, -0.25) is 18.7 Å². The van der Waals surface area contributed by atoms with Gasteiger partial charge in [0.25, 0.3) is 5.56 Å². The maximum atomic E-state index is 12.1. The van der Waals surface area contributed by atoms with Crippen molar-refractivity contribution < 1.29 is 4.79 Å². The predicted octanol–water partition coefficient (Wildman–Crippen LogP) is -0.221. The lowest BCUT2D eigenvalue weighted by molar-refractivity contribution is -0.132. The third kappa shape index (κ3) is 3.23. The molecule has 0 unspecified atom stereocenters. The van der Waals surface area contributed by atoms with Gasteiger partial charge in [-0.1, -0.05) is 13.8 Å². The van der Waals surface area contributed by atoms with Crippen LogP contribution in [0, 0.1) is 5.92 Å². The van der Waals surface area contributed by atoms with Crippen LogP contribution >= 0.6 is 0 Å². The van der Waals surface area contributed by atoms with Crippen molar-refractivity contribution >= 4 is 11.7 Å². The molecule has 1 aromatic rings. The largest absolute Gasteiger partial charge is 0.354 e. The highest BCUT2D eigenvalue weighted by Crippen LogP contribution is 2.14. The number of piperazine rings is 1. The first-order chi connectivity index (χ1) is 10.3. The van der Waals surface area contributed by atoms with Crippen molar-refractivity contribution in [3.8, 4) is 0 Å². The Morgan fingerprint density at radius 3 is 2.23 bits per heavy atom. The van der Waals surface area contributed by atoms with Crippen molar-refractivity contribution in [1.82, 2.24) is 14.0 Å².